The molecule has 0 spiro atoms. The molecule has 2 N–H and O–H groups in total. The monoisotopic (exact) mass is 273 g/mol. The zero-order chi connectivity index (χ0) is 13.6. The Bertz CT molecular complexity index is 375. The molecule has 0 aliphatic rings. The number of aliphatic hydroxyl groups excluding tert-OH is 1. The summed E-state index contributed by atoms with van der Waals surface area (Å²) < 4.78 is 5.16. The fourth-order valence-corrected chi connectivity index (χ4v) is 1.92. The van der Waals surface area contributed by atoms with E-state index >= 15 is 0 Å². The van der Waals surface area contributed by atoms with Crippen LogP contribution in [-0.2, 0) is 0 Å². The van der Waals surface area contributed by atoms with Crippen molar-refractivity contribution < 1.29 is 9.84 Å². The molecule has 0 fully saturated rings. The molecule has 0 atom stereocenters. The lowest BCUT2D eigenvalue weighted by molar-refractivity contribution is 0.127. The van der Waals surface area contributed by atoms with Gasteiger partial charge in [-0.25, -0.2) is 9.97 Å². The number of hydrogen-bond donors (Lipinski definition) is 2. The van der Waals surface area contributed by atoms with Crippen molar-refractivity contribution in [1.29, 1.82) is 0 Å². The Morgan fingerprint density at radius 1 is 1.39 bits per heavy atom. The van der Waals surface area contributed by atoms with Gasteiger partial charge in [0.25, 0.3) is 0 Å². The average molecular weight is 274 g/mol. The van der Waals surface area contributed by atoms with Crippen LogP contribution in [-0.4, -0.2) is 35.3 Å². The number of ether oxygens (including phenoxy) is 1. The highest BCUT2D eigenvalue weighted by Gasteiger charge is 2.25. The zero-order valence-corrected chi connectivity index (χ0v) is 11.8. The van der Waals surface area contributed by atoms with Gasteiger partial charge in [0, 0.05) is 12.0 Å². The van der Waals surface area contributed by atoms with Crippen molar-refractivity contribution >= 4 is 17.4 Å². The van der Waals surface area contributed by atoms with E-state index in [1.807, 2.05) is 0 Å². The maximum atomic E-state index is 9.51. The van der Waals surface area contributed by atoms with Gasteiger partial charge in [-0.05, 0) is 12.8 Å². The van der Waals surface area contributed by atoms with E-state index < -0.39 is 0 Å². The minimum atomic E-state index is -0.150. The fraction of sp³-hybridized carbons (Fsp3) is 0.667. The van der Waals surface area contributed by atoms with Crippen LogP contribution >= 0.6 is 11.6 Å². The predicted octanol–water partition coefficient (Wildman–Crippen LogP) is 2.35. The summed E-state index contributed by atoms with van der Waals surface area (Å²) in [7, 11) is 1.52. The number of nitrogens with zero attached hydrogens (tertiary/aromatic N) is 2. The van der Waals surface area contributed by atoms with Crippen molar-refractivity contribution in [2.45, 2.75) is 26.7 Å². The molecule has 1 heterocycles. The lowest BCUT2D eigenvalue weighted by atomic mass is 9.83. The van der Waals surface area contributed by atoms with Crippen LogP contribution in [0.1, 0.15) is 26.7 Å². The van der Waals surface area contributed by atoms with Crippen LogP contribution in [0, 0.1) is 5.41 Å². The predicted molar refractivity (Wildman–Crippen MR) is 72.2 cm³/mol. The maximum Gasteiger partial charge on any atom is 0.198 e. The smallest absolute Gasteiger partial charge is 0.198 e. The lowest BCUT2D eigenvalue weighted by Crippen LogP contribution is -2.32. The second-order valence-corrected chi connectivity index (χ2v) is 4.62. The van der Waals surface area contributed by atoms with Crippen LogP contribution in [0.2, 0.25) is 5.15 Å². The molecular formula is C12H20ClN3O2. The standard InChI is InChI=1S/C12H20ClN3O2/c1-4-12(5-2,7-17)6-14-11-9(18-3)10(13)15-8-16-11/h8,17H,4-7H2,1-3H3,(H,14,15,16). The van der Waals surface area contributed by atoms with Gasteiger partial charge < -0.3 is 15.2 Å². The van der Waals surface area contributed by atoms with E-state index in [4.69, 9.17) is 16.3 Å². The van der Waals surface area contributed by atoms with E-state index in [1.54, 1.807) is 0 Å². The van der Waals surface area contributed by atoms with Crippen LogP contribution in [0.3, 0.4) is 0 Å². The molecular weight excluding hydrogens is 254 g/mol. The van der Waals surface area contributed by atoms with Crippen molar-refractivity contribution in [2.24, 2.45) is 5.41 Å². The molecule has 1 aromatic heterocycles. The number of aromatic nitrogens is 2. The van der Waals surface area contributed by atoms with Crippen LogP contribution in [0.15, 0.2) is 6.33 Å². The van der Waals surface area contributed by atoms with E-state index in [9.17, 15) is 5.11 Å². The first-order valence-electron chi connectivity index (χ1n) is 6.01. The van der Waals surface area contributed by atoms with Crippen molar-refractivity contribution in [3.63, 3.8) is 0 Å². The summed E-state index contributed by atoms with van der Waals surface area (Å²) in [6.45, 7) is 4.87. The van der Waals surface area contributed by atoms with Gasteiger partial charge in [-0.1, -0.05) is 25.4 Å². The highest BCUT2D eigenvalue weighted by Crippen LogP contribution is 2.31. The van der Waals surface area contributed by atoms with Crippen LogP contribution < -0.4 is 10.1 Å². The third-order valence-electron chi connectivity index (χ3n) is 3.43. The number of nitrogens with one attached hydrogen (secondary N) is 1. The van der Waals surface area contributed by atoms with Crippen molar-refractivity contribution in [3.8, 4) is 5.75 Å². The summed E-state index contributed by atoms with van der Waals surface area (Å²) in [5, 5.41) is 13.0. The Kier molecular flexibility index (Phi) is 5.62. The topological polar surface area (TPSA) is 67.3 Å². The van der Waals surface area contributed by atoms with Crippen molar-refractivity contribution in [3.05, 3.63) is 11.5 Å². The molecule has 102 valence electrons. The number of anilines is 1. The highest BCUT2D eigenvalue weighted by molar-refractivity contribution is 6.31. The van der Waals surface area contributed by atoms with Gasteiger partial charge in [-0.2, -0.15) is 0 Å². The molecule has 0 aliphatic heterocycles. The van der Waals surface area contributed by atoms with E-state index in [1.165, 1.54) is 13.4 Å². The van der Waals surface area contributed by atoms with E-state index in [0.29, 0.717) is 18.1 Å². The molecule has 1 aromatic rings. The minimum absolute atomic E-state index is 0.133. The quantitative estimate of drug-likeness (QED) is 0.747. The normalized spacial score (nSPS) is 11.4. The van der Waals surface area contributed by atoms with E-state index in [-0.39, 0.29) is 17.2 Å². The summed E-state index contributed by atoms with van der Waals surface area (Å²) in [6, 6.07) is 0. The molecule has 18 heavy (non-hydrogen) atoms. The van der Waals surface area contributed by atoms with Gasteiger partial charge in [-0.3, -0.25) is 0 Å². The second-order valence-electron chi connectivity index (χ2n) is 4.27. The largest absolute Gasteiger partial charge is 0.490 e. The van der Waals surface area contributed by atoms with Crippen LogP contribution in [0.4, 0.5) is 5.82 Å². The Hall–Kier alpha value is -1.07. The fourth-order valence-electron chi connectivity index (χ4n) is 1.71. The Labute approximate surface area is 113 Å². The SMILES string of the molecule is CCC(CC)(CO)CNc1ncnc(Cl)c1OC. The number of halogens is 1. The van der Waals surface area contributed by atoms with Crippen molar-refractivity contribution in [1.82, 2.24) is 9.97 Å². The summed E-state index contributed by atoms with van der Waals surface area (Å²) in [6.07, 6.45) is 3.15. The first kappa shape index (κ1) is 15.0. The summed E-state index contributed by atoms with van der Waals surface area (Å²) in [5.74, 6) is 0.982. The highest BCUT2D eigenvalue weighted by atomic mass is 35.5. The summed E-state index contributed by atoms with van der Waals surface area (Å²) >= 11 is 5.92. The van der Waals surface area contributed by atoms with Gasteiger partial charge in [-0.15, -0.1) is 0 Å². The van der Waals surface area contributed by atoms with Crippen LogP contribution in [0.25, 0.3) is 0 Å². The lowest BCUT2D eigenvalue weighted by Gasteiger charge is -2.29. The summed E-state index contributed by atoms with van der Waals surface area (Å²) in [5.41, 5.74) is -0.150. The van der Waals surface area contributed by atoms with Gasteiger partial charge in [0.1, 0.15) is 6.33 Å². The number of aliphatic hydroxyl groups is 1. The second kappa shape index (κ2) is 6.75. The first-order chi connectivity index (χ1) is 8.62. The zero-order valence-electron chi connectivity index (χ0n) is 11.0. The molecule has 0 amide bonds. The average Bonchev–Trinajstić information content (AvgIpc) is 2.41. The van der Waals surface area contributed by atoms with E-state index in [2.05, 4.69) is 29.1 Å². The molecule has 0 bridgehead atoms. The van der Waals surface area contributed by atoms with Gasteiger partial charge in [0.15, 0.2) is 16.7 Å². The Morgan fingerprint density at radius 3 is 2.56 bits per heavy atom. The van der Waals surface area contributed by atoms with Crippen LogP contribution in [0.5, 0.6) is 5.75 Å². The molecule has 0 aromatic carbocycles. The Balaban J connectivity index is 2.82. The third kappa shape index (κ3) is 3.23. The number of rotatable bonds is 7. The molecule has 0 aliphatic carbocycles. The Morgan fingerprint density at radius 2 is 2.06 bits per heavy atom. The van der Waals surface area contributed by atoms with E-state index in [0.717, 1.165) is 12.8 Å². The first-order valence-corrected chi connectivity index (χ1v) is 6.39. The van der Waals surface area contributed by atoms with Crippen molar-refractivity contribution in [2.75, 3.05) is 25.6 Å². The number of methoxy groups -OCH3 is 1. The third-order valence-corrected chi connectivity index (χ3v) is 3.70. The minimum Gasteiger partial charge on any atom is -0.490 e. The van der Waals surface area contributed by atoms with Gasteiger partial charge in [0.05, 0.1) is 13.7 Å². The van der Waals surface area contributed by atoms with Gasteiger partial charge >= 0.3 is 0 Å². The molecule has 0 saturated carbocycles. The molecule has 0 unspecified atom stereocenters. The van der Waals surface area contributed by atoms with Gasteiger partial charge in [0.2, 0.25) is 0 Å². The molecule has 1 rings (SSSR count). The molecule has 0 radical (unpaired) electrons. The summed E-state index contributed by atoms with van der Waals surface area (Å²) in [4.78, 5) is 7.96. The molecule has 5 nitrogen and oxygen atoms in total. The number of hydrogen-bond acceptors (Lipinski definition) is 5. The molecule has 0 saturated heterocycles. The molecule has 6 heteroatoms. The maximum absolute atomic E-state index is 9.51.